The van der Waals surface area contributed by atoms with Crippen LogP contribution in [0.25, 0.3) is 0 Å². The van der Waals surface area contributed by atoms with Crippen LogP contribution in [0.1, 0.15) is 43.9 Å². The molecule has 0 radical (unpaired) electrons. The highest BCUT2D eigenvalue weighted by Crippen LogP contribution is 2.33. The van der Waals surface area contributed by atoms with Crippen LogP contribution >= 0.6 is 0 Å². The van der Waals surface area contributed by atoms with Crippen LogP contribution in [-0.4, -0.2) is 36.7 Å². The molecule has 2 atom stereocenters. The molecule has 4 rings (SSSR count). The zero-order chi connectivity index (χ0) is 16.7. The number of fused-ring (bicyclic) bond motifs is 3. The van der Waals surface area contributed by atoms with E-state index in [0.717, 1.165) is 49.4 Å². The van der Waals surface area contributed by atoms with E-state index in [9.17, 15) is 4.39 Å². The summed E-state index contributed by atoms with van der Waals surface area (Å²) in [5.41, 5.74) is 0.738. The number of hydrogen-bond acceptors (Lipinski definition) is 4. The van der Waals surface area contributed by atoms with Crippen LogP contribution in [0.5, 0.6) is 0 Å². The second-order valence-electron chi connectivity index (χ2n) is 7.47. The molecule has 0 N–H and O–H groups in total. The molecule has 0 aromatic carbocycles. The molecule has 2 aromatic rings. The molecule has 2 bridgehead atoms. The van der Waals surface area contributed by atoms with Gasteiger partial charge in [0.2, 0.25) is 0 Å². The van der Waals surface area contributed by atoms with E-state index in [0.29, 0.717) is 24.5 Å². The molecule has 4 heterocycles. The number of halogens is 1. The summed E-state index contributed by atoms with van der Waals surface area (Å²) in [6, 6.07) is 2.66. The first-order chi connectivity index (χ1) is 11.6. The van der Waals surface area contributed by atoms with Gasteiger partial charge in [0.15, 0.2) is 0 Å². The Bertz CT molecular complexity index is 726. The van der Waals surface area contributed by atoms with E-state index in [1.807, 2.05) is 0 Å². The molecular weight excluding hydrogens is 305 g/mol. The SMILES string of the molecule is CC(C)Cc1nnc2n1C[C@H]1CC[C@@H](C2)N1Cc1ccncc1F. The van der Waals surface area contributed by atoms with E-state index in [2.05, 4.69) is 38.5 Å². The lowest BCUT2D eigenvalue weighted by Gasteiger charge is -2.27. The molecule has 6 heteroatoms. The molecule has 2 aliphatic heterocycles. The van der Waals surface area contributed by atoms with Crippen molar-refractivity contribution >= 4 is 0 Å². The van der Waals surface area contributed by atoms with E-state index in [1.165, 1.54) is 6.20 Å². The zero-order valence-electron chi connectivity index (χ0n) is 14.3. The van der Waals surface area contributed by atoms with Gasteiger partial charge in [0.25, 0.3) is 0 Å². The van der Waals surface area contributed by atoms with Crippen LogP contribution in [0.3, 0.4) is 0 Å². The van der Waals surface area contributed by atoms with Gasteiger partial charge in [-0.05, 0) is 24.8 Å². The maximum Gasteiger partial charge on any atom is 0.145 e. The van der Waals surface area contributed by atoms with Crippen molar-refractivity contribution in [1.82, 2.24) is 24.6 Å². The van der Waals surface area contributed by atoms with Crippen LogP contribution in [0, 0.1) is 11.7 Å². The molecule has 5 nitrogen and oxygen atoms in total. The number of hydrogen-bond donors (Lipinski definition) is 0. The molecule has 1 saturated heterocycles. The van der Waals surface area contributed by atoms with Gasteiger partial charge in [0.1, 0.15) is 17.5 Å². The van der Waals surface area contributed by atoms with Crippen molar-refractivity contribution in [3.8, 4) is 0 Å². The third kappa shape index (κ3) is 2.83. The number of pyridine rings is 1. The Hall–Kier alpha value is -1.82. The van der Waals surface area contributed by atoms with E-state index in [1.54, 1.807) is 12.3 Å². The predicted octanol–water partition coefficient (Wildman–Crippen LogP) is 2.60. The van der Waals surface area contributed by atoms with Crippen molar-refractivity contribution in [1.29, 1.82) is 0 Å². The largest absolute Gasteiger partial charge is 0.313 e. The van der Waals surface area contributed by atoms with Crippen LogP contribution in [0.15, 0.2) is 18.5 Å². The lowest BCUT2D eigenvalue weighted by molar-refractivity contribution is 0.177. The summed E-state index contributed by atoms with van der Waals surface area (Å²) < 4.78 is 16.3. The third-order valence-electron chi connectivity index (χ3n) is 5.29. The second-order valence-corrected chi connectivity index (χ2v) is 7.47. The first-order valence-corrected chi connectivity index (χ1v) is 8.87. The van der Waals surface area contributed by atoms with Gasteiger partial charge in [-0.2, -0.15) is 0 Å². The average Bonchev–Trinajstić information content (AvgIpc) is 3.02. The molecule has 2 aromatic heterocycles. The van der Waals surface area contributed by atoms with Gasteiger partial charge in [0, 0.05) is 49.8 Å². The quantitative estimate of drug-likeness (QED) is 0.865. The lowest BCUT2D eigenvalue weighted by Crippen LogP contribution is -2.37. The fraction of sp³-hybridized carbons (Fsp3) is 0.611. The summed E-state index contributed by atoms with van der Waals surface area (Å²) in [5.74, 6) is 2.56. The summed E-state index contributed by atoms with van der Waals surface area (Å²) >= 11 is 0. The highest BCUT2D eigenvalue weighted by Gasteiger charge is 2.38. The average molecular weight is 329 g/mol. The molecule has 1 fully saturated rings. The van der Waals surface area contributed by atoms with E-state index >= 15 is 0 Å². The summed E-state index contributed by atoms with van der Waals surface area (Å²) in [5, 5.41) is 8.88. The fourth-order valence-electron chi connectivity index (χ4n) is 4.09. The Morgan fingerprint density at radius 2 is 2.08 bits per heavy atom. The first-order valence-electron chi connectivity index (χ1n) is 8.87. The van der Waals surface area contributed by atoms with Crippen LogP contribution in [0.4, 0.5) is 4.39 Å². The van der Waals surface area contributed by atoms with Crippen LogP contribution in [-0.2, 0) is 25.9 Å². The normalized spacial score (nSPS) is 23.5. The zero-order valence-corrected chi connectivity index (χ0v) is 14.3. The molecule has 0 amide bonds. The Morgan fingerprint density at radius 1 is 1.25 bits per heavy atom. The van der Waals surface area contributed by atoms with Crippen LogP contribution < -0.4 is 0 Å². The van der Waals surface area contributed by atoms with Crippen molar-refractivity contribution in [2.45, 2.75) is 64.7 Å². The van der Waals surface area contributed by atoms with E-state index in [4.69, 9.17) is 0 Å². The summed E-state index contributed by atoms with van der Waals surface area (Å²) in [7, 11) is 0. The fourth-order valence-corrected chi connectivity index (χ4v) is 4.09. The van der Waals surface area contributed by atoms with Crippen molar-refractivity contribution in [3.05, 3.63) is 41.5 Å². The summed E-state index contributed by atoms with van der Waals surface area (Å²) in [4.78, 5) is 6.32. The standard InChI is InChI=1S/C18H24FN5/c1-12(2)7-17-21-22-18-8-14-3-4-15(11-24(17)18)23(14)10-13-5-6-20-9-16(13)19/h5-6,9,12,14-15H,3-4,7-8,10-11H2,1-2H3/t14-,15+/m0/s1. The molecule has 128 valence electrons. The van der Waals surface area contributed by atoms with Gasteiger partial charge in [0.05, 0.1) is 6.20 Å². The van der Waals surface area contributed by atoms with Crippen molar-refractivity contribution in [2.75, 3.05) is 0 Å². The Kier molecular flexibility index (Phi) is 4.08. The third-order valence-corrected chi connectivity index (χ3v) is 5.29. The highest BCUT2D eigenvalue weighted by molar-refractivity contribution is 5.14. The minimum absolute atomic E-state index is 0.207. The second kappa shape index (κ2) is 6.24. The predicted molar refractivity (Wildman–Crippen MR) is 88.8 cm³/mol. The van der Waals surface area contributed by atoms with Gasteiger partial charge < -0.3 is 4.57 Å². The number of aromatic nitrogens is 4. The van der Waals surface area contributed by atoms with Gasteiger partial charge >= 0.3 is 0 Å². The summed E-state index contributed by atoms with van der Waals surface area (Å²) in [6.07, 6.45) is 7.18. The van der Waals surface area contributed by atoms with Gasteiger partial charge in [-0.25, -0.2) is 4.39 Å². The molecule has 0 unspecified atom stereocenters. The summed E-state index contributed by atoms with van der Waals surface area (Å²) in [6.45, 7) is 6.00. The maximum atomic E-state index is 14.0. The van der Waals surface area contributed by atoms with Crippen LogP contribution in [0.2, 0.25) is 0 Å². The molecular formula is C18H24FN5. The Balaban J connectivity index is 1.58. The van der Waals surface area contributed by atoms with Crippen molar-refractivity contribution < 1.29 is 4.39 Å². The lowest BCUT2D eigenvalue weighted by atomic mass is 10.1. The first kappa shape index (κ1) is 15.7. The maximum absolute atomic E-state index is 14.0. The van der Waals surface area contributed by atoms with Crippen molar-refractivity contribution in [2.24, 2.45) is 5.92 Å². The monoisotopic (exact) mass is 329 g/mol. The molecule has 0 spiro atoms. The molecule has 0 aliphatic carbocycles. The van der Waals surface area contributed by atoms with Crippen molar-refractivity contribution in [3.63, 3.8) is 0 Å². The topological polar surface area (TPSA) is 46.8 Å². The Morgan fingerprint density at radius 3 is 2.88 bits per heavy atom. The van der Waals surface area contributed by atoms with E-state index < -0.39 is 0 Å². The minimum Gasteiger partial charge on any atom is -0.313 e. The minimum atomic E-state index is -0.207. The molecule has 24 heavy (non-hydrogen) atoms. The number of rotatable bonds is 4. The number of nitrogens with zero attached hydrogens (tertiary/aromatic N) is 5. The van der Waals surface area contributed by atoms with Gasteiger partial charge in [-0.1, -0.05) is 13.8 Å². The van der Waals surface area contributed by atoms with E-state index in [-0.39, 0.29) is 5.82 Å². The smallest absolute Gasteiger partial charge is 0.145 e. The molecule has 2 aliphatic rings. The molecule has 0 saturated carbocycles. The van der Waals surface area contributed by atoms with Gasteiger partial charge in [-0.3, -0.25) is 9.88 Å². The highest BCUT2D eigenvalue weighted by atomic mass is 19.1. The van der Waals surface area contributed by atoms with Gasteiger partial charge in [-0.15, -0.1) is 10.2 Å². The Labute approximate surface area is 141 Å².